The number of aryl methyl sites for hydroxylation is 1. The molecule has 1 aliphatic rings. The maximum Gasteiger partial charge on any atom is 0.340 e. The SMILES string of the molecule is CS(=O)(=O)CCn1nc(C2CC2)c(C(=O)O)c1Cl. The van der Waals surface area contributed by atoms with Gasteiger partial charge in [-0.3, -0.25) is 4.68 Å². The minimum Gasteiger partial charge on any atom is -0.478 e. The molecule has 0 unspecified atom stereocenters. The Morgan fingerprint density at radius 1 is 1.56 bits per heavy atom. The number of sulfone groups is 1. The molecule has 1 fully saturated rings. The third-order valence-corrected chi connectivity index (χ3v) is 4.08. The van der Waals surface area contributed by atoms with E-state index in [-0.39, 0.29) is 28.9 Å². The summed E-state index contributed by atoms with van der Waals surface area (Å²) >= 11 is 5.95. The van der Waals surface area contributed by atoms with Gasteiger partial charge >= 0.3 is 5.97 Å². The van der Waals surface area contributed by atoms with Gasteiger partial charge in [0.15, 0.2) is 0 Å². The fraction of sp³-hybridized carbons (Fsp3) is 0.600. The largest absolute Gasteiger partial charge is 0.478 e. The number of hydrogen-bond acceptors (Lipinski definition) is 4. The van der Waals surface area contributed by atoms with Crippen molar-refractivity contribution < 1.29 is 18.3 Å². The minimum absolute atomic E-state index is 0.00710. The van der Waals surface area contributed by atoms with E-state index in [4.69, 9.17) is 16.7 Å². The van der Waals surface area contributed by atoms with Gasteiger partial charge in [0.05, 0.1) is 18.0 Å². The predicted molar refractivity (Wildman–Crippen MR) is 65.9 cm³/mol. The Bertz CT molecular complexity index is 589. The molecule has 1 saturated carbocycles. The number of aromatic carboxylic acids is 1. The number of carboxylic acids is 1. The third kappa shape index (κ3) is 2.84. The Morgan fingerprint density at radius 3 is 2.61 bits per heavy atom. The van der Waals surface area contributed by atoms with Gasteiger partial charge in [-0.15, -0.1) is 0 Å². The van der Waals surface area contributed by atoms with Crippen LogP contribution in [-0.2, 0) is 16.4 Å². The molecule has 0 saturated heterocycles. The second-order valence-electron chi connectivity index (χ2n) is 4.48. The van der Waals surface area contributed by atoms with Gasteiger partial charge in [-0.05, 0) is 12.8 Å². The Balaban J connectivity index is 2.31. The molecule has 6 nitrogen and oxygen atoms in total. The molecule has 0 aromatic carbocycles. The highest BCUT2D eigenvalue weighted by molar-refractivity contribution is 7.90. The van der Waals surface area contributed by atoms with Crippen LogP contribution in [0.2, 0.25) is 5.15 Å². The number of halogens is 1. The van der Waals surface area contributed by atoms with Gasteiger partial charge < -0.3 is 5.11 Å². The Kier molecular flexibility index (Phi) is 3.37. The molecular weight excluding hydrogens is 280 g/mol. The number of aromatic nitrogens is 2. The van der Waals surface area contributed by atoms with Gasteiger partial charge in [-0.1, -0.05) is 11.6 Å². The Morgan fingerprint density at radius 2 is 2.17 bits per heavy atom. The van der Waals surface area contributed by atoms with Gasteiger partial charge in [0.2, 0.25) is 0 Å². The molecule has 1 aromatic heterocycles. The summed E-state index contributed by atoms with van der Waals surface area (Å²) in [5.41, 5.74) is 0.480. The van der Waals surface area contributed by atoms with Crippen molar-refractivity contribution >= 4 is 27.4 Å². The van der Waals surface area contributed by atoms with Crippen molar-refractivity contribution in [2.45, 2.75) is 25.3 Å². The lowest BCUT2D eigenvalue weighted by molar-refractivity contribution is 0.0695. The molecule has 100 valence electrons. The van der Waals surface area contributed by atoms with Crippen molar-refractivity contribution in [3.05, 3.63) is 16.4 Å². The van der Waals surface area contributed by atoms with Gasteiger partial charge in [0.25, 0.3) is 0 Å². The summed E-state index contributed by atoms with van der Waals surface area (Å²) in [5.74, 6) is -1.09. The molecule has 0 spiro atoms. The van der Waals surface area contributed by atoms with Gasteiger partial charge in [0.1, 0.15) is 20.6 Å². The topological polar surface area (TPSA) is 89.3 Å². The molecule has 1 aromatic rings. The van der Waals surface area contributed by atoms with E-state index >= 15 is 0 Å². The third-order valence-electron chi connectivity index (χ3n) is 2.77. The van der Waals surface area contributed by atoms with Crippen molar-refractivity contribution in [2.75, 3.05) is 12.0 Å². The predicted octanol–water partition coefficient (Wildman–Crippen LogP) is 1.16. The standard InChI is InChI=1S/C10H13ClN2O4S/c1-18(16,17)5-4-13-9(11)7(10(14)15)8(12-13)6-2-3-6/h6H,2-5H2,1H3,(H,14,15). The molecule has 0 aliphatic heterocycles. The first-order valence-corrected chi connectivity index (χ1v) is 7.90. The average Bonchev–Trinajstić information content (AvgIpc) is 2.99. The molecule has 0 amide bonds. The molecule has 2 rings (SSSR count). The highest BCUT2D eigenvalue weighted by atomic mass is 35.5. The van der Waals surface area contributed by atoms with E-state index < -0.39 is 15.8 Å². The van der Waals surface area contributed by atoms with Crippen LogP contribution >= 0.6 is 11.6 Å². The van der Waals surface area contributed by atoms with Crippen LogP contribution in [0.3, 0.4) is 0 Å². The van der Waals surface area contributed by atoms with Crippen LogP contribution in [0.1, 0.15) is 34.8 Å². The van der Waals surface area contributed by atoms with Crippen molar-refractivity contribution in [1.82, 2.24) is 9.78 Å². The molecule has 8 heteroatoms. The van der Waals surface area contributed by atoms with E-state index in [1.807, 2.05) is 0 Å². The van der Waals surface area contributed by atoms with Gasteiger partial charge in [-0.2, -0.15) is 5.10 Å². The maximum absolute atomic E-state index is 11.1. The normalized spacial score (nSPS) is 15.9. The average molecular weight is 293 g/mol. The van der Waals surface area contributed by atoms with E-state index in [1.165, 1.54) is 4.68 Å². The summed E-state index contributed by atoms with van der Waals surface area (Å²) in [4.78, 5) is 11.1. The van der Waals surface area contributed by atoms with Crippen LogP contribution in [0.15, 0.2) is 0 Å². The zero-order valence-electron chi connectivity index (χ0n) is 9.76. The smallest absolute Gasteiger partial charge is 0.340 e. The fourth-order valence-electron chi connectivity index (χ4n) is 1.70. The molecule has 1 heterocycles. The fourth-order valence-corrected chi connectivity index (χ4v) is 2.50. The number of carboxylic acid groups (broad SMARTS) is 1. The molecule has 0 bridgehead atoms. The van der Waals surface area contributed by atoms with Crippen LogP contribution in [0.25, 0.3) is 0 Å². The second-order valence-corrected chi connectivity index (χ2v) is 7.10. The van der Waals surface area contributed by atoms with Crippen LogP contribution in [0.5, 0.6) is 0 Å². The van der Waals surface area contributed by atoms with E-state index in [0.29, 0.717) is 5.69 Å². The summed E-state index contributed by atoms with van der Waals surface area (Å²) in [6, 6.07) is 0. The number of hydrogen-bond donors (Lipinski definition) is 1. The minimum atomic E-state index is -3.13. The number of carbonyl (C=O) groups is 1. The summed E-state index contributed by atoms with van der Waals surface area (Å²) in [6.45, 7) is 0.0741. The first-order valence-electron chi connectivity index (χ1n) is 5.47. The van der Waals surface area contributed by atoms with Crippen LogP contribution in [0.4, 0.5) is 0 Å². The zero-order chi connectivity index (χ0) is 13.5. The van der Waals surface area contributed by atoms with Crippen molar-refractivity contribution in [3.63, 3.8) is 0 Å². The monoisotopic (exact) mass is 292 g/mol. The summed E-state index contributed by atoms with van der Waals surface area (Å²) in [5, 5.41) is 13.3. The molecule has 18 heavy (non-hydrogen) atoms. The molecular formula is C10H13ClN2O4S. The molecule has 0 atom stereocenters. The first kappa shape index (κ1) is 13.4. The lowest BCUT2D eigenvalue weighted by Crippen LogP contribution is -2.12. The lowest BCUT2D eigenvalue weighted by atomic mass is 10.2. The van der Waals surface area contributed by atoms with Crippen molar-refractivity contribution in [2.24, 2.45) is 0 Å². The Labute approximate surface area is 109 Å². The summed E-state index contributed by atoms with van der Waals surface area (Å²) < 4.78 is 23.4. The molecule has 0 radical (unpaired) electrons. The quantitative estimate of drug-likeness (QED) is 0.879. The van der Waals surface area contributed by atoms with Gasteiger partial charge in [-0.25, -0.2) is 13.2 Å². The van der Waals surface area contributed by atoms with E-state index in [1.54, 1.807) is 0 Å². The zero-order valence-corrected chi connectivity index (χ0v) is 11.3. The number of rotatable bonds is 5. The molecule has 1 N–H and O–H groups in total. The molecule has 1 aliphatic carbocycles. The second kappa shape index (κ2) is 4.55. The van der Waals surface area contributed by atoms with Crippen molar-refractivity contribution in [1.29, 1.82) is 0 Å². The van der Waals surface area contributed by atoms with E-state index in [9.17, 15) is 13.2 Å². The highest BCUT2D eigenvalue weighted by Crippen LogP contribution is 2.42. The maximum atomic E-state index is 11.1. The first-order chi connectivity index (χ1) is 8.29. The summed E-state index contributed by atoms with van der Waals surface area (Å²) in [6.07, 6.45) is 2.92. The number of nitrogens with zero attached hydrogens (tertiary/aromatic N) is 2. The summed E-state index contributed by atoms with van der Waals surface area (Å²) in [7, 11) is -3.13. The van der Waals surface area contributed by atoms with Crippen molar-refractivity contribution in [3.8, 4) is 0 Å². The van der Waals surface area contributed by atoms with Gasteiger partial charge in [0, 0.05) is 12.2 Å². The highest BCUT2D eigenvalue weighted by Gasteiger charge is 2.34. The van der Waals surface area contributed by atoms with Crippen LogP contribution in [0, 0.1) is 0 Å². The van der Waals surface area contributed by atoms with Crippen LogP contribution in [-0.4, -0.2) is 41.3 Å². The lowest BCUT2D eigenvalue weighted by Gasteiger charge is -2.01. The van der Waals surface area contributed by atoms with E-state index in [0.717, 1.165) is 19.1 Å². The Hall–Kier alpha value is -1.08. The van der Waals surface area contributed by atoms with Crippen LogP contribution < -0.4 is 0 Å². The van der Waals surface area contributed by atoms with E-state index in [2.05, 4.69) is 5.10 Å².